The Bertz CT molecular complexity index is 330. The number of hydrogen-bond acceptors (Lipinski definition) is 3. The van der Waals surface area contributed by atoms with Crippen molar-refractivity contribution in [2.24, 2.45) is 5.73 Å². The molecule has 1 aromatic heterocycles. The van der Waals surface area contributed by atoms with Crippen LogP contribution >= 0.6 is 0 Å². The molecule has 1 aliphatic carbocycles. The van der Waals surface area contributed by atoms with Crippen LogP contribution in [0.3, 0.4) is 0 Å². The highest BCUT2D eigenvalue weighted by atomic mass is 15.1. The van der Waals surface area contributed by atoms with Gasteiger partial charge < -0.3 is 10.6 Å². The molecule has 1 aromatic rings. The molecule has 1 fully saturated rings. The molecule has 0 radical (unpaired) electrons. The average Bonchev–Trinajstić information content (AvgIpc) is 2.26. The lowest BCUT2D eigenvalue weighted by molar-refractivity contribution is 0.401. The molecule has 3 heteroatoms. The Hall–Kier alpha value is -1.09. The summed E-state index contributed by atoms with van der Waals surface area (Å²) in [5, 5.41) is 0. The van der Waals surface area contributed by atoms with Gasteiger partial charge in [-0.05, 0) is 37.8 Å². The molecule has 1 unspecified atom stereocenters. The van der Waals surface area contributed by atoms with Gasteiger partial charge in [-0.3, -0.25) is 4.98 Å². The molecule has 0 bridgehead atoms. The Kier molecular flexibility index (Phi) is 3.44. The van der Waals surface area contributed by atoms with Gasteiger partial charge in [0, 0.05) is 19.1 Å². The first kappa shape index (κ1) is 11.4. The van der Waals surface area contributed by atoms with Gasteiger partial charge in [-0.15, -0.1) is 0 Å². The van der Waals surface area contributed by atoms with Crippen LogP contribution in [0.25, 0.3) is 0 Å². The van der Waals surface area contributed by atoms with E-state index < -0.39 is 0 Å². The van der Waals surface area contributed by atoms with Gasteiger partial charge >= 0.3 is 0 Å². The van der Waals surface area contributed by atoms with E-state index in [4.69, 9.17) is 5.73 Å². The molecule has 0 saturated heterocycles. The smallest absolute Gasteiger partial charge is 0.0572 e. The first-order valence-electron chi connectivity index (χ1n) is 6.16. The number of aromatic nitrogens is 1. The fraction of sp³-hybridized carbons (Fsp3) is 0.615. The second-order valence-electron chi connectivity index (χ2n) is 4.65. The Labute approximate surface area is 97.7 Å². The van der Waals surface area contributed by atoms with Gasteiger partial charge in [0.15, 0.2) is 0 Å². The minimum Gasteiger partial charge on any atom is -0.370 e. The fourth-order valence-corrected chi connectivity index (χ4v) is 2.02. The van der Waals surface area contributed by atoms with Crippen LogP contribution in [-0.4, -0.2) is 18.1 Å². The highest BCUT2D eigenvalue weighted by Crippen LogP contribution is 2.28. The van der Waals surface area contributed by atoms with Gasteiger partial charge in [-0.25, -0.2) is 0 Å². The Morgan fingerprint density at radius 1 is 1.50 bits per heavy atom. The number of nitrogens with zero attached hydrogens (tertiary/aromatic N) is 2. The van der Waals surface area contributed by atoms with E-state index in [1.54, 1.807) is 0 Å². The predicted octanol–water partition coefficient (Wildman–Crippen LogP) is 2.48. The van der Waals surface area contributed by atoms with Crippen LogP contribution in [0.15, 0.2) is 18.3 Å². The highest BCUT2D eigenvalue weighted by molar-refractivity contribution is 5.45. The predicted molar refractivity (Wildman–Crippen MR) is 67.5 cm³/mol. The summed E-state index contributed by atoms with van der Waals surface area (Å²) in [4.78, 5) is 6.78. The summed E-state index contributed by atoms with van der Waals surface area (Å²) in [6, 6.07) is 4.98. The maximum absolute atomic E-state index is 5.94. The van der Waals surface area contributed by atoms with E-state index in [1.807, 2.05) is 6.20 Å². The molecule has 0 amide bonds. The molecule has 0 aliphatic heterocycles. The maximum atomic E-state index is 5.94. The summed E-state index contributed by atoms with van der Waals surface area (Å²) in [5.41, 5.74) is 8.14. The lowest BCUT2D eigenvalue weighted by atomic mass is 9.91. The lowest BCUT2D eigenvalue weighted by Crippen LogP contribution is -2.37. The van der Waals surface area contributed by atoms with Gasteiger partial charge in [0.05, 0.1) is 17.6 Å². The largest absolute Gasteiger partial charge is 0.370 e. The van der Waals surface area contributed by atoms with Gasteiger partial charge in [0.25, 0.3) is 0 Å². The van der Waals surface area contributed by atoms with E-state index in [0.717, 1.165) is 12.1 Å². The third-order valence-electron chi connectivity index (χ3n) is 3.62. The summed E-state index contributed by atoms with van der Waals surface area (Å²) in [6.45, 7) is 2.08. The van der Waals surface area contributed by atoms with Crippen LogP contribution in [0.5, 0.6) is 0 Å². The second kappa shape index (κ2) is 4.83. The van der Waals surface area contributed by atoms with Crippen molar-refractivity contribution in [2.75, 3.05) is 11.9 Å². The fourth-order valence-electron chi connectivity index (χ4n) is 2.02. The number of pyridine rings is 1. The molecule has 1 heterocycles. The summed E-state index contributed by atoms with van der Waals surface area (Å²) in [5.74, 6) is 0. The molecule has 1 saturated carbocycles. The molecule has 16 heavy (non-hydrogen) atoms. The zero-order valence-electron chi connectivity index (χ0n) is 10.2. The lowest BCUT2D eigenvalue weighted by Gasteiger charge is -2.36. The molecule has 1 aliphatic rings. The quantitative estimate of drug-likeness (QED) is 0.846. The molecular weight excluding hydrogens is 198 g/mol. The zero-order chi connectivity index (χ0) is 11.5. The van der Waals surface area contributed by atoms with Crippen molar-refractivity contribution in [3.8, 4) is 0 Å². The first-order chi connectivity index (χ1) is 7.72. The van der Waals surface area contributed by atoms with E-state index in [1.165, 1.54) is 24.9 Å². The number of nitrogens with two attached hydrogens (primary N) is 1. The van der Waals surface area contributed by atoms with Crippen molar-refractivity contribution in [1.82, 2.24) is 4.98 Å². The van der Waals surface area contributed by atoms with E-state index in [2.05, 4.69) is 36.0 Å². The third kappa shape index (κ3) is 2.19. The van der Waals surface area contributed by atoms with Crippen LogP contribution in [0.2, 0.25) is 0 Å². The van der Waals surface area contributed by atoms with E-state index in [9.17, 15) is 0 Å². The van der Waals surface area contributed by atoms with Crippen molar-refractivity contribution < 1.29 is 0 Å². The van der Waals surface area contributed by atoms with Crippen LogP contribution < -0.4 is 10.6 Å². The number of rotatable bonds is 4. The van der Waals surface area contributed by atoms with Gasteiger partial charge in [0.2, 0.25) is 0 Å². The Morgan fingerprint density at radius 2 is 2.25 bits per heavy atom. The van der Waals surface area contributed by atoms with E-state index >= 15 is 0 Å². The second-order valence-corrected chi connectivity index (χ2v) is 4.65. The normalized spacial score (nSPS) is 17.9. The Morgan fingerprint density at radius 3 is 2.69 bits per heavy atom. The number of anilines is 1. The molecule has 2 N–H and O–H groups in total. The standard InChI is InChI=1S/C13H21N3/c1-3-12(14)13-8-7-11(9-15-13)16(2)10-5-4-6-10/h7-10,12H,3-6,14H2,1-2H3. The van der Waals surface area contributed by atoms with Gasteiger partial charge in [-0.1, -0.05) is 6.92 Å². The minimum absolute atomic E-state index is 0.0723. The first-order valence-corrected chi connectivity index (χ1v) is 6.16. The average molecular weight is 219 g/mol. The van der Waals surface area contributed by atoms with Crippen LogP contribution in [0.1, 0.15) is 44.3 Å². The minimum atomic E-state index is 0.0723. The monoisotopic (exact) mass is 219 g/mol. The van der Waals surface area contributed by atoms with Crippen molar-refractivity contribution in [2.45, 2.75) is 44.7 Å². The molecule has 0 spiro atoms. The third-order valence-corrected chi connectivity index (χ3v) is 3.62. The summed E-state index contributed by atoms with van der Waals surface area (Å²) < 4.78 is 0. The van der Waals surface area contributed by atoms with Crippen LogP contribution in [0, 0.1) is 0 Å². The van der Waals surface area contributed by atoms with Gasteiger partial charge in [-0.2, -0.15) is 0 Å². The molecule has 2 rings (SSSR count). The highest BCUT2D eigenvalue weighted by Gasteiger charge is 2.22. The van der Waals surface area contributed by atoms with Crippen molar-refractivity contribution in [1.29, 1.82) is 0 Å². The molecule has 3 nitrogen and oxygen atoms in total. The SMILES string of the molecule is CCC(N)c1ccc(N(C)C2CCC2)cn1. The van der Waals surface area contributed by atoms with E-state index in [0.29, 0.717) is 6.04 Å². The molecular formula is C13H21N3. The van der Waals surface area contributed by atoms with Gasteiger partial charge in [0.1, 0.15) is 0 Å². The summed E-state index contributed by atoms with van der Waals surface area (Å²) in [6.07, 6.45) is 6.87. The van der Waals surface area contributed by atoms with Crippen molar-refractivity contribution in [3.63, 3.8) is 0 Å². The van der Waals surface area contributed by atoms with Crippen molar-refractivity contribution >= 4 is 5.69 Å². The van der Waals surface area contributed by atoms with Crippen molar-refractivity contribution in [3.05, 3.63) is 24.0 Å². The molecule has 0 aromatic carbocycles. The molecule has 1 atom stereocenters. The summed E-state index contributed by atoms with van der Waals surface area (Å²) >= 11 is 0. The Balaban J connectivity index is 2.06. The van der Waals surface area contributed by atoms with Crippen LogP contribution in [-0.2, 0) is 0 Å². The molecule has 88 valence electrons. The topological polar surface area (TPSA) is 42.1 Å². The van der Waals surface area contributed by atoms with Crippen LogP contribution in [0.4, 0.5) is 5.69 Å². The number of hydrogen-bond donors (Lipinski definition) is 1. The maximum Gasteiger partial charge on any atom is 0.0572 e. The zero-order valence-corrected chi connectivity index (χ0v) is 10.2. The van der Waals surface area contributed by atoms with E-state index in [-0.39, 0.29) is 6.04 Å². The summed E-state index contributed by atoms with van der Waals surface area (Å²) in [7, 11) is 2.15.